The van der Waals surface area contributed by atoms with Gasteiger partial charge in [0.2, 0.25) is 11.7 Å². The van der Waals surface area contributed by atoms with E-state index in [2.05, 4.69) is 27.4 Å². The summed E-state index contributed by atoms with van der Waals surface area (Å²) >= 11 is 0. The van der Waals surface area contributed by atoms with E-state index in [4.69, 9.17) is 14.7 Å². The molecule has 0 aromatic carbocycles. The van der Waals surface area contributed by atoms with Crippen molar-refractivity contribution in [1.82, 2.24) is 25.1 Å². The second kappa shape index (κ2) is 5.88. The molecule has 0 aliphatic rings. The molecule has 0 fully saturated rings. The van der Waals surface area contributed by atoms with Crippen LogP contribution in [0.3, 0.4) is 0 Å². The minimum atomic E-state index is -0.0925. The number of furan rings is 1. The van der Waals surface area contributed by atoms with Crippen LogP contribution in [0.4, 0.5) is 0 Å². The van der Waals surface area contributed by atoms with Crippen LogP contribution >= 0.6 is 0 Å². The maximum absolute atomic E-state index is 6.00. The van der Waals surface area contributed by atoms with Gasteiger partial charge in [-0.2, -0.15) is 4.98 Å². The molecule has 0 spiro atoms. The lowest BCUT2D eigenvalue weighted by molar-refractivity contribution is 0.363. The predicted molar refractivity (Wildman–Crippen MR) is 73.0 cm³/mol. The van der Waals surface area contributed by atoms with E-state index in [9.17, 15) is 0 Å². The van der Waals surface area contributed by atoms with Gasteiger partial charge in [-0.25, -0.2) is 4.68 Å². The van der Waals surface area contributed by atoms with Crippen LogP contribution in [0.2, 0.25) is 0 Å². The van der Waals surface area contributed by atoms with Gasteiger partial charge in [0.1, 0.15) is 6.54 Å². The fourth-order valence-corrected chi connectivity index (χ4v) is 1.98. The molecule has 1 atom stereocenters. The van der Waals surface area contributed by atoms with E-state index in [1.807, 2.05) is 0 Å². The molecule has 8 nitrogen and oxygen atoms in total. The van der Waals surface area contributed by atoms with Gasteiger partial charge < -0.3 is 14.7 Å². The van der Waals surface area contributed by atoms with E-state index in [1.165, 1.54) is 0 Å². The van der Waals surface area contributed by atoms with Crippen molar-refractivity contribution in [2.24, 2.45) is 5.73 Å². The van der Waals surface area contributed by atoms with Crippen LogP contribution < -0.4 is 5.73 Å². The average molecular weight is 288 g/mol. The second-order valence-electron chi connectivity index (χ2n) is 4.73. The number of rotatable bonds is 6. The molecule has 3 heterocycles. The summed E-state index contributed by atoms with van der Waals surface area (Å²) in [6.45, 7) is 2.43. The van der Waals surface area contributed by atoms with E-state index >= 15 is 0 Å². The molecular formula is C13H16N6O2. The largest absolute Gasteiger partial charge is 0.461 e. The Morgan fingerprint density at radius 3 is 3.10 bits per heavy atom. The van der Waals surface area contributed by atoms with E-state index in [1.54, 1.807) is 29.3 Å². The van der Waals surface area contributed by atoms with E-state index in [-0.39, 0.29) is 6.04 Å². The first-order chi connectivity index (χ1) is 10.3. The summed E-state index contributed by atoms with van der Waals surface area (Å²) in [5, 5.41) is 11.9. The van der Waals surface area contributed by atoms with E-state index in [0.29, 0.717) is 24.0 Å². The number of nitrogens with two attached hydrogens (primary N) is 1. The molecule has 2 N–H and O–H groups in total. The third kappa shape index (κ3) is 3.00. The minimum Gasteiger partial charge on any atom is -0.461 e. The smallest absolute Gasteiger partial charge is 0.248 e. The maximum Gasteiger partial charge on any atom is 0.248 e. The molecule has 21 heavy (non-hydrogen) atoms. The van der Waals surface area contributed by atoms with Gasteiger partial charge in [0.05, 0.1) is 24.2 Å². The summed E-state index contributed by atoms with van der Waals surface area (Å²) in [6, 6.07) is 3.45. The molecule has 0 radical (unpaired) electrons. The van der Waals surface area contributed by atoms with Crippen molar-refractivity contribution in [1.29, 1.82) is 0 Å². The molecule has 0 aliphatic carbocycles. The van der Waals surface area contributed by atoms with Gasteiger partial charge in [-0.3, -0.25) is 0 Å². The average Bonchev–Trinajstić information content (AvgIpc) is 3.20. The van der Waals surface area contributed by atoms with Gasteiger partial charge in [-0.05, 0) is 18.6 Å². The second-order valence-corrected chi connectivity index (χ2v) is 4.73. The summed E-state index contributed by atoms with van der Waals surface area (Å²) in [7, 11) is 0. The number of hydrogen-bond donors (Lipinski definition) is 1. The first kappa shape index (κ1) is 13.5. The molecule has 0 aliphatic heterocycles. The van der Waals surface area contributed by atoms with Crippen LogP contribution in [-0.4, -0.2) is 25.1 Å². The Kier molecular flexibility index (Phi) is 3.78. The van der Waals surface area contributed by atoms with Crippen LogP contribution in [0.15, 0.2) is 33.5 Å². The fourth-order valence-electron chi connectivity index (χ4n) is 1.98. The Hall–Kier alpha value is -2.48. The van der Waals surface area contributed by atoms with Gasteiger partial charge in [0.25, 0.3) is 0 Å². The summed E-state index contributed by atoms with van der Waals surface area (Å²) < 4.78 is 12.0. The Morgan fingerprint density at radius 1 is 1.43 bits per heavy atom. The monoisotopic (exact) mass is 288 g/mol. The summed E-state index contributed by atoms with van der Waals surface area (Å²) in [6.07, 6.45) is 5.24. The predicted octanol–water partition coefficient (Wildman–Crippen LogP) is 1.77. The van der Waals surface area contributed by atoms with Gasteiger partial charge in [0, 0.05) is 0 Å². The summed E-state index contributed by atoms with van der Waals surface area (Å²) in [5.74, 6) is 1.41. The highest BCUT2D eigenvalue weighted by atomic mass is 16.5. The molecule has 3 aromatic heterocycles. The highest BCUT2D eigenvalue weighted by molar-refractivity contribution is 5.44. The van der Waals surface area contributed by atoms with Crippen molar-refractivity contribution in [2.75, 3.05) is 0 Å². The van der Waals surface area contributed by atoms with E-state index < -0.39 is 0 Å². The third-order valence-electron chi connectivity index (χ3n) is 3.04. The molecule has 1 unspecified atom stereocenters. The molecule has 0 amide bonds. The van der Waals surface area contributed by atoms with Gasteiger partial charge >= 0.3 is 0 Å². The quantitative estimate of drug-likeness (QED) is 0.736. The zero-order valence-electron chi connectivity index (χ0n) is 11.6. The number of nitrogens with zero attached hydrogens (tertiary/aromatic N) is 5. The van der Waals surface area contributed by atoms with Crippen molar-refractivity contribution in [2.45, 2.75) is 32.4 Å². The number of aromatic nitrogens is 5. The number of hydrogen-bond acceptors (Lipinski definition) is 7. The van der Waals surface area contributed by atoms with Gasteiger partial charge in [-0.1, -0.05) is 23.7 Å². The van der Waals surface area contributed by atoms with Crippen LogP contribution in [0.25, 0.3) is 11.6 Å². The van der Waals surface area contributed by atoms with Crippen molar-refractivity contribution in [3.63, 3.8) is 0 Å². The van der Waals surface area contributed by atoms with Crippen LogP contribution in [-0.2, 0) is 6.54 Å². The first-order valence-electron chi connectivity index (χ1n) is 6.78. The van der Waals surface area contributed by atoms with Crippen molar-refractivity contribution in [3.05, 3.63) is 36.2 Å². The molecule has 0 saturated heterocycles. The zero-order chi connectivity index (χ0) is 14.7. The standard InChI is InChI=1S/C13H16N6O2/c1-2-4-9(14)10-7-19(18-16-10)8-12-15-13(17-21-12)11-5-3-6-20-11/h3,5-7,9H,2,4,8,14H2,1H3. The first-order valence-corrected chi connectivity index (χ1v) is 6.78. The Labute approximate surface area is 120 Å². The fraction of sp³-hybridized carbons (Fsp3) is 0.385. The lowest BCUT2D eigenvalue weighted by atomic mass is 10.1. The minimum absolute atomic E-state index is 0.0925. The van der Waals surface area contributed by atoms with Gasteiger partial charge in [-0.15, -0.1) is 5.10 Å². The highest BCUT2D eigenvalue weighted by Gasteiger charge is 2.14. The Bertz CT molecular complexity index is 687. The van der Waals surface area contributed by atoms with Gasteiger partial charge in [0.15, 0.2) is 5.76 Å². The van der Waals surface area contributed by atoms with Crippen molar-refractivity contribution >= 4 is 0 Å². The maximum atomic E-state index is 6.00. The van der Waals surface area contributed by atoms with Crippen molar-refractivity contribution in [3.8, 4) is 11.6 Å². The molecule has 0 saturated carbocycles. The van der Waals surface area contributed by atoms with E-state index in [0.717, 1.165) is 18.5 Å². The Balaban J connectivity index is 1.70. The Morgan fingerprint density at radius 2 is 2.33 bits per heavy atom. The summed E-state index contributed by atoms with van der Waals surface area (Å²) in [4.78, 5) is 4.25. The molecule has 110 valence electrons. The lowest BCUT2D eigenvalue weighted by Gasteiger charge is -2.04. The molecule has 8 heteroatoms. The topological polar surface area (TPSA) is 109 Å². The van der Waals surface area contributed by atoms with Crippen molar-refractivity contribution < 1.29 is 8.94 Å². The van der Waals surface area contributed by atoms with Crippen LogP contribution in [0.5, 0.6) is 0 Å². The highest BCUT2D eigenvalue weighted by Crippen LogP contribution is 2.16. The third-order valence-corrected chi connectivity index (χ3v) is 3.04. The molecule has 3 aromatic rings. The lowest BCUT2D eigenvalue weighted by Crippen LogP contribution is -2.10. The van der Waals surface area contributed by atoms with Crippen LogP contribution in [0, 0.1) is 0 Å². The SMILES string of the molecule is CCCC(N)c1cn(Cc2nc(-c3ccco3)no2)nn1. The van der Waals surface area contributed by atoms with Crippen LogP contribution in [0.1, 0.15) is 37.4 Å². The molecule has 3 rings (SSSR count). The summed E-state index contributed by atoms with van der Waals surface area (Å²) in [5.41, 5.74) is 6.77. The molecule has 0 bridgehead atoms. The normalized spacial score (nSPS) is 12.7. The zero-order valence-corrected chi connectivity index (χ0v) is 11.6. The molecular weight excluding hydrogens is 272 g/mol.